The molecule has 1 aliphatic heterocycles. The molecular weight excluding hydrogens is 386 g/mol. The molecule has 7 heteroatoms. The largest absolute Gasteiger partial charge is 0.493 e. The molecule has 2 aromatic carbocycles. The number of methoxy groups -OCH3 is 3. The molecule has 0 aromatic heterocycles. The maximum Gasteiger partial charge on any atom is 0.323 e. The van der Waals surface area contributed by atoms with Gasteiger partial charge in [-0.3, -0.25) is 14.5 Å². The number of ether oxygens (including phenoxy) is 4. The van der Waals surface area contributed by atoms with E-state index in [4.69, 9.17) is 18.9 Å². The summed E-state index contributed by atoms with van der Waals surface area (Å²) in [4.78, 5) is 27.4. The molecule has 7 nitrogen and oxygen atoms in total. The summed E-state index contributed by atoms with van der Waals surface area (Å²) in [5.41, 5.74) is 1.37. The second-order valence-corrected chi connectivity index (χ2v) is 7.06. The fourth-order valence-corrected chi connectivity index (χ4v) is 3.63. The van der Waals surface area contributed by atoms with Crippen molar-refractivity contribution in [2.45, 2.75) is 25.5 Å². The number of carbonyl (C=O) groups is 2. The van der Waals surface area contributed by atoms with Crippen molar-refractivity contribution in [3.8, 4) is 17.2 Å². The van der Waals surface area contributed by atoms with Gasteiger partial charge in [-0.15, -0.1) is 0 Å². The SMILES string of the molecule is COc1cc(C(=O)CN2CCC[C@H]2C(=O)OCc2ccccc2)cc(OC)c1OC. The van der Waals surface area contributed by atoms with Crippen LogP contribution < -0.4 is 14.2 Å². The lowest BCUT2D eigenvalue weighted by Gasteiger charge is -2.22. The summed E-state index contributed by atoms with van der Waals surface area (Å²) in [7, 11) is 4.52. The monoisotopic (exact) mass is 413 g/mol. The zero-order valence-electron chi connectivity index (χ0n) is 17.6. The van der Waals surface area contributed by atoms with Crippen LogP contribution in [0.2, 0.25) is 0 Å². The first-order chi connectivity index (χ1) is 14.6. The molecule has 0 amide bonds. The molecule has 0 N–H and O–H groups in total. The number of benzene rings is 2. The number of hydrogen-bond donors (Lipinski definition) is 0. The first kappa shape index (κ1) is 21.6. The number of ketones is 1. The Morgan fingerprint density at radius 3 is 2.27 bits per heavy atom. The number of likely N-dealkylation sites (tertiary alicyclic amines) is 1. The van der Waals surface area contributed by atoms with Gasteiger partial charge >= 0.3 is 5.97 Å². The van der Waals surface area contributed by atoms with Crippen LogP contribution in [0.1, 0.15) is 28.8 Å². The lowest BCUT2D eigenvalue weighted by atomic mass is 10.1. The summed E-state index contributed by atoms with van der Waals surface area (Å²) in [6, 6.07) is 12.4. The fourth-order valence-electron chi connectivity index (χ4n) is 3.63. The first-order valence-corrected chi connectivity index (χ1v) is 9.85. The number of nitrogens with zero attached hydrogens (tertiary/aromatic N) is 1. The van der Waals surface area contributed by atoms with Crippen LogP contribution in [-0.2, 0) is 16.1 Å². The predicted octanol–water partition coefficient (Wildman–Crippen LogP) is 3.10. The van der Waals surface area contributed by atoms with Crippen molar-refractivity contribution >= 4 is 11.8 Å². The van der Waals surface area contributed by atoms with Gasteiger partial charge < -0.3 is 18.9 Å². The van der Waals surface area contributed by atoms with Crippen LogP contribution in [0.15, 0.2) is 42.5 Å². The number of hydrogen-bond acceptors (Lipinski definition) is 7. The molecule has 3 rings (SSSR count). The Morgan fingerprint density at radius 1 is 1.00 bits per heavy atom. The Hall–Kier alpha value is -3.06. The second kappa shape index (κ2) is 10.1. The minimum absolute atomic E-state index is 0.115. The minimum atomic E-state index is -0.417. The molecule has 0 spiro atoms. The third kappa shape index (κ3) is 4.91. The van der Waals surface area contributed by atoms with Gasteiger partial charge in [-0.1, -0.05) is 30.3 Å². The maximum absolute atomic E-state index is 12.9. The fraction of sp³-hybridized carbons (Fsp3) is 0.391. The molecular formula is C23H27NO6. The highest BCUT2D eigenvalue weighted by atomic mass is 16.5. The van der Waals surface area contributed by atoms with E-state index in [9.17, 15) is 9.59 Å². The zero-order chi connectivity index (χ0) is 21.5. The number of Topliss-reactive ketones (excluding diaryl/α,β-unsaturated/α-hetero) is 1. The number of rotatable bonds is 9. The smallest absolute Gasteiger partial charge is 0.323 e. The van der Waals surface area contributed by atoms with Crippen LogP contribution in [0.25, 0.3) is 0 Å². The van der Waals surface area contributed by atoms with Crippen molar-refractivity contribution in [1.82, 2.24) is 4.90 Å². The van der Waals surface area contributed by atoms with Crippen LogP contribution in [0.5, 0.6) is 17.2 Å². The van der Waals surface area contributed by atoms with Gasteiger partial charge in [-0.05, 0) is 37.1 Å². The minimum Gasteiger partial charge on any atom is -0.493 e. The lowest BCUT2D eigenvalue weighted by molar-refractivity contribution is -0.150. The molecule has 1 atom stereocenters. The average Bonchev–Trinajstić information content (AvgIpc) is 3.25. The molecule has 2 aromatic rings. The number of esters is 1. The average molecular weight is 413 g/mol. The van der Waals surface area contributed by atoms with E-state index in [0.717, 1.165) is 12.0 Å². The van der Waals surface area contributed by atoms with E-state index in [0.29, 0.717) is 35.8 Å². The van der Waals surface area contributed by atoms with E-state index in [2.05, 4.69) is 0 Å². The van der Waals surface area contributed by atoms with Gasteiger partial charge in [-0.25, -0.2) is 0 Å². The van der Waals surface area contributed by atoms with Gasteiger partial charge in [0, 0.05) is 5.56 Å². The Morgan fingerprint density at radius 2 is 1.67 bits per heavy atom. The van der Waals surface area contributed by atoms with Gasteiger partial charge in [0.1, 0.15) is 12.6 Å². The molecule has 0 radical (unpaired) electrons. The summed E-state index contributed by atoms with van der Waals surface area (Å²) in [6.07, 6.45) is 1.52. The number of carbonyl (C=O) groups excluding carboxylic acids is 2. The first-order valence-electron chi connectivity index (χ1n) is 9.85. The zero-order valence-corrected chi connectivity index (χ0v) is 17.6. The lowest BCUT2D eigenvalue weighted by Crippen LogP contribution is -2.40. The molecule has 1 aliphatic rings. The third-order valence-corrected chi connectivity index (χ3v) is 5.19. The van der Waals surface area contributed by atoms with Gasteiger partial charge in [0.2, 0.25) is 5.75 Å². The molecule has 1 fully saturated rings. The van der Waals surface area contributed by atoms with E-state index in [1.165, 1.54) is 21.3 Å². The predicted molar refractivity (Wildman–Crippen MR) is 111 cm³/mol. The Bertz CT molecular complexity index is 858. The van der Waals surface area contributed by atoms with Crippen molar-refractivity contribution < 1.29 is 28.5 Å². The normalized spacial score (nSPS) is 16.2. The standard InChI is InChI=1S/C23H27NO6/c1-27-20-12-17(13-21(28-2)22(20)29-3)19(25)14-24-11-7-10-18(24)23(26)30-15-16-8-5-4-6-9-16/h4-6,8-9,12-13,18H,7,10-11,14-15H2,1-3H3/t18-/m0/s1. The summed E-state index contributed by atoms with van der Waals surface area (Å²) < 4.78 is 21.4. The third-order valence-electron chi connectivity index (χ3n) is 5.19. The van der Waals surface area contributed by atoms with Gasteiger partial charge in [0.05, 0.1) is 27.9 Å². The molecule has 0 aliphatic carbocycles. The summed E-state index contributed by atoms with van der Waals surface area (Å²) in [6.45, 7) is 1.01. The van der Waals surface area contributed by atoms with Crippen LogP contribution in [0, 0.1) is 0 Å². The van der Waals surface area contributed by atoms with Crippen LogP contribution in [-0.4, -0.2) is 57.1 Å². The van der Waals surface area contributed by atoms with Gasteiger partial charge in [0.15, 0.2) is 17.3 Å². The second-order valence-electron chi connectivity index (χ2n) is 7.06. The Balaban J connectivity index is 1.67. The highest BCUT2D eigenvalue weighted by Gasteiger charge is 2.33. The van der Waals surface area contributed by atoms with Crippen molar-refractivity contribution in [3.63, 3.8) is 0 Å². The van der Waals surface area contributed by atoms with E-state index >= 15 is 0 Å². The molecule has 160 valence electrons. The molecule has 0 bridgehead atoms. The van der Waals surface area contributed by atoms with Gasteiger partial charge in [0.25, 0.3) is 0 Å². The quantitative estimate of drug-likeness (QED) is 0.462. The Kier molecular flexibility index (Phi) is 7.30. The van der Waals surface area contributed by atoms with E-state index in [-0.39, 0.29) is 24.9 Å². The topological polar surface area (TPSA) is 74.3 Å². The van der Waals surface area contributed by atoms with E-state index < -0.39 is 6.04 Å². The molecule has 1 heterocycles. The van der Waals surface area contributed by atoms with Crippen LogP contribution in [0.4, 0.5) is 0 Å². The summed E-state index contributed by atoms with van der Waals surface area (Å²) in [5, 5.41) is 0. The van der Waals surface area contributed by atoms with Gasteiger partial charge in [-0.2, -0.15) is 0 Å². The van der Waals surface area contributed by atoms with Crippen molar-refractivity contribution in [2.75, 3.05) is 34.4 Å². The van der Waals surface area contributed by atoms with Crippen LogP contribution in [0.3, 0.4) is 0 Å². The maximum atomic E-state index is 12.9. The molecule has 0 unspecified atom stereocenters. The molecule has 30 heavy (non-hydrogen) atoms. The molecule has 1 saturated heterocycles. The summed E-state index contributed by atoms with van der Waals surface area (Å²) >= 11 is 0. The highest BCUT2D eigenvalue weighted by molar-refractivity contribution is 5.99. The summed E-state index contributed by atoms with van der Waals surface area (Å²) in [5.74, 6) is 0.840. The highest BCUT2D eigenvalue weighted by Crippen LogP contribution is 2.38. The van der Waals surface area contributed by atoms with Crippen molar-refractivity contribution in [3.05, 3.63) is 53.6 Å². The molecule has 0 saturated carbocycles. The van der Waals surface area contributed by atoms with E-state index in [1.807, 2.05) is 35.2 Å². The Labute approximate surface area is 176 Å². The van der Waals surface area contributed by atoms with E-state index in [1.54, 1.807) is 12.1 Å². The van der Waals surface area contributed by atoms with Crippen LogP contribution >= 0.6 is 0 Å². The van der Waals surface area contributed by atoms with Crippen molar-refractivity contribution in [1.29, 1.82) is 0 Å². The van der Waals surface area contributed by atoms with Crippen molar-refractivity contribution in [2.24, 2.45) is 0 Å².